The van der Waals surface area contributed by atoms with Gasteiger partial charge in [0.25, 0.3) is 0 Å². The Kier molecular flexibility index (Phi) is 7.27. The van der Waals surface area contributed by atoms with Crippen molar-refractivity contribution in [3.63, 3.8) is 0 Å². The highest BCUT2D eigenvalue weighted by atomic mass is 16.5. The van der Waals surface area contributed by atoms with E-state index < -0.39 is 0 Å². The lowest BCUT2D eigenvalue weighted by Crippen LogP contribution is -2.38. The maximum absolute atomic E-state index is 13.4. The van der Waals surface area contributed by atoms with Crippen LogP contribution < -0.4 is 9.47 Å². The lowest BCUT2D eigenvalue weighted by molar-refractivity contribution is -0.131. The molecule has 6 nitrogen and oxygen atoms in total. The largest absolute Gasteiger partial charge is 0.497 e. The molecule has 3 heterocycles. The van der Waals surface area contributed by atoms with Crippen molar-refractivity contribution in [3.8, 4) is 22.8 Å². The quantitative estimate of drug-likeness (QED) is 0.303. The van der Waals surface area contributed by atoms with Gasteiger partial charge in [0, 0.05) is 37.2 Å². The zero-order valence-electron chi connectivity index (χ0n) is 23.3. The first kappa shape index (κ1) is 26.1. The number of methoxy groups -OCH3 is 2. The molecule has 2 aliphatic heterocycles. The average molecular weight is 535 g/mol. The molecule has 0 saturated carbocycles. The van der Waals surface area contributed by atoms with Crippen molar-refractivity contribution in [2.45, 2.75) is 45.4 Å². The smallest absolute Gasteiger partial charge is 0.227 e. The summed E-state index contributed by atoms with van der Waals surface area (Å²) in [7, 11) is 3.33. The minimum atomic E-state index is -0.0414. The van der Waals surface area contributed by atoms with Crippen LogP contribution in [-0.4, -0.2) is 36.6 Å². The van der Waals surface area contributed by atoms with Gasteiger partial charge < -0.3 is 19.1 Å². The molecule has 0 N–H and O–H groups in total. The number of benzene rings is 3. The molecule has 1 atom stereocenters. The zero-order chi connectivity index (χ0) is 27.6. The number of nitrogens with zero attached hydrogens (tertiary/aromatic N) is 2. The van der Waals surface area contributed by atoms with Crippen LogP contribution in [-0.2, 0) is 41.9 Å². The van der Waals surface area contributed by atoms with Gasteiger partial charge in [-0.25, -0.2) is 0 Å². The first-order chi connectivity index (χ1) is 19.5. The number of hydrogen-bond donors (Lipinski definition) is 0. The van der Waals surface area contributed by atoms with E-state index in [2.05, 4.69) is 43.3 Å². The van der Waals surface area contributed by atoms with Crippen LogP contribution in [0.2, 0.25) is 0 Å². The third-order valence-electron chi connectivity index (χ3n) is 8.10. The van der Waals surface area contributed by atoms with Crippen LogP contribution in [0, 0.1) is 6.92 Å². The molecule has 6 heteroatoms. The normalized spacial score (nSPS) is 16.2. The van der Waals surface area contributed by atoms with E-state index in [9.17, 15) is 4.79 Å². The molecule has 0 radical (unpaired) electrons. The molecule has 0 bridgehead atoms. The third kappa shape index (κ3) is 5.07. The van der Waals surface area contributed by atoms with Crippen LogP contribution >= 0.6 is 0 Å². The maximum atomic E-state index is 13.4. The Hall–Kier alpha value is -4.16. The van der Waals surface area contributed by atoms with Gasteiger partial charge in [0.05, 0.1) is 39.0 Å². The van der Waals surface area contributed by atoms with Crippen molar-refractivity contribution >= 4 is 5.91 Å². The van der Waals surface area contributed by atoms with Gasteiger partial charge in [-0.2, -0.15) is 0 Å². The second-order valence-corrected chi connectivity index (χ2v) is 10.5. The molecular weight excluding hydrogens is 500 g/mol. The van der Waals surface area contributed by atoms with E-state index in [-0.39, 0.29) is 12.0 Å². The minimum Gasteiger partial charge on any atom is -0.497 e. The fourth-order valence-electron chi connectivity index (χ4n) is 5.91. The summed E-state index contributed by atoms with van der Waals surface area (Å²) in [6, 6.07) is 24.3. The van der Waals surface area contributed by atoms with Crippen LogP contribution in [0.5, 0.6) is 11.5 Å². The van der Waals surface area contributed by atoms with E-state index in [1.807, 2.05) is 41.3 Å². The van der Waals surface area contributed by atoms with Gasteiger partial charge in [0.2, 0.25) is 5.91 Å². The van der Waals surface area contributed by atoms with Gasteiger partial charge in [-0.1, -0.05) is 42.5 Å². The molecule has 1 amide bonds. The minimum absolute atomic E-state index is 0.0414. The molecule has 1 aromatic heterocycles. The van der Waals surface area contributed by atoms with Crippen molar-refractivity contribution < 1.29 is 19.0 Å². The number of ether oxygens (including phenoxy) is 3. The predicted octanol–water partition coefficient (Wildman–Crippen LogP) is 6.02. The van der Waals surface area contributed by atoms with Gasteiger partial charge in [-0.15, -0.1) is 0 Å². The number of carbonyl (C=O) groups excluding carboxylic acids is 1. The van der Waals surface area contributed by atoms with Crippen molar-refractivity contribution in [2.24, 2.45) is 0 Å². The molecular formula is C34H34N2O4. The van der Waals surface area contributed by atoms with Gasteiger partial charge in [-0.3, -0.25) is 9.78 Å². The summed E-state index contributed by atoms with van der Waals surface area (Å²) in [6.07, 6.45) is 1.76. The molecule has 0 spiro atoms. The van der Waals surface area contributed by atoms with Crippen molar-refractivity contribution in [1.29, 1.82) is 0 Å². The molecule has 6 rings (SSSR count). The Morgan fingerprint density at radius 2 is 1.75 bits per heavy atom. The molecule has 2 aliphatic rings. The molecule has 4 aromatic rings. The molecule has 0 aliphatic carbocycles. The second-order valence-electron chi connectivity index (χ2n) is 10.5. The van der Waals surface area contributed by atoms with E-state index in [4.69, 9.17) is 19.2 Å². The first-order valence-corrected chi connectivity index (χ1v) is 13.8. The molecule has 204 valence electrons. The SMILES string of the molecule is COc1cccc(CC(=O)N2CCc3nc(-c4ccc(OC)cc4C)c4c(c3C2)CO[C@@H](c2ccccc2)C4)c1. The topological polar surface area (TPSA) is 60.9 Å². The van der Waals surface area contributed by atoms with Crippen molar-refractivity contribution in [1.82, 2.24) is 9.88 Å². The number of carbonyl (C=O) groups is 1. The molecule has 0 saturated heterocycles. The number of amides is 1. The highest BCUT2D eigenvalue weighted by molar-refractivity contribution is 5.79. The number of fused-ring (bicyclic) bond motifs is 3. The summed E-state index contributed by atoms with van der Waals surface area (Å²) in [5.41, 5.74) is 9.99. The summed E-state index contributed by atoms with van der Waals surface area (Å²) < 4.78 is 17.3. The number of pyridine rings is 1. The lowest BCUT2D eigenvalue weighted by Gasteiger charge is -2.35. The highest BCUT2D eigenvalue weighted by Gasteiger charge is 2.32. The second kappa shape index (κ2) is 11.1. The lowest BCUT2D eigenvalue weighted by atomic mass is 9.86. The first-order valence-electron chi connectivity index (χ1n) is 13.8. The van der Waals surface area contributed by atoms with Crippen LogP contribution in [0.25, 0.3) is 11.3 Å². The zero-order valence-corrected chi connectivity index (χ0v) is 23.3. The van der Waals surface area contributed by atoms with E-state index in [0.29, 0.717) is 26.1 Å². The van der Waals surface area contributed by atoms with E-state index in [1.54, 1.807) is 14.2 Å². The van der Waals surface area contributed by atoms with Crippen LogP contribution in [0.1, 0.15) is 45.2 Å². The number of aromatic nitrogens is 1. The van der Waals surface area contributed by atoms with E-state index in [1.165, 1.54) is 16.7 Å². The van der Waals surface area contributed by atoms with Crippen LogP contribution in [0.15, 0.2) is 72.8 Å². The summed E-state index contributed by atoms with van der Waals surface area (Å²) in [5.74, 6) is 1.71. The summed E-state index contributed by atoms with van der Waals surface area (Å²) in [6.45, 7) is 3.81. The molecule has 40 heavy (non-hydrogen) atoms. The summed E-state index contributed by atoms with van der Waals surface area (Å²) in [4.78, 5) is 20.7. The summed E-state index contributed by atoms with van der Waals surface area (Å²) >= 11 is 0. The Morgan fingerprint density at radius 3 is 2.52 bits per heavy atom. The molecule has 0 unspecified atom stereocenters. The fraction of sp³-hybridized carbons (Fsp3) is 0.294. The Morgan fingerprint density at radius 1 is 0.950 bits per heavy atom. The van der Waals surface area contributed by atoms with Gasteiger partial charge in [0.15, 0.2) is 0 Å². The van der Waals surface area contributed by atoms with Gasteiger partial charge in [-0.05, 0) is 70.6 Å². The Labute approximate surface area is 235 Å². The van der Waals surface area contributed by atoms with Gasteiger partial charge >= 0.3 is 0 Å². The Balaban J connectivity index is 1.36. The fourth-order valence-corrected chi connectivity index (χ4v) is 5.91. The van der Waals surface area contributed by atoms with E-state index in [0.717, 1.165) is 58.0 Å². The van der Waals surface area contributed by atoms with Crippen molar-refractivity contribution in [3.05, 3.63) is 112 Å². The highest BCUT2D eigenvalue weighted by Crippen LogP contribution is 2.40. The number of aryl methyl sites for hydroxylation is 1. The standard InChI is InChI=1S/C34H34N2O4/c1-22-16-26(39-3)12-13-27(22)34-28-19-32(24-9-5-4-6-10-24)40-21-30(28)29-20-36(15-14-31(29)35-34)33(37)18-23-8-7-11-25(17-23)38-2/h4-13,16-17,32H,14-15,18-21H2,1-3H3/t32-/m1/s1. The monoisotopic (exact) mass is 534 g/mol. The Bertz CT molecular complexity index is 1550. The average Bonchev–Trinajstić information content (AvgIpc) is 3.00. The third-order valence-corrected chi connectivity index (χ3v) is 8.10. The van der Waals surface area contributed by atoms with Gasteiger partial charge in [0.1, 0.15) is 11.5 Å². The predicted molar refractivity (Wildman–Crippen MR) is 154 cm³/mol. The number of hydrogen-bond acceptors (Lipinski definition) is 5. The number of rotatable bonds is 6. The van der Waals surface area contributed by atoms with Crippen LogP contribution in [0.4, 0.5) is 0 Å². The molecule has 0 fully saturated rings. The van der Waals surface area contributed by atoms with E-state index >= 15 is 0 Å². The van der Waals surface area contributed by atoms with Crippen LogP contribution in [0.3, 0.4) is 0 Å². The molecule has 3 aromatic carbocycles. The maximum Gasteiger partial charge on any atom is 0.227 e. The summed E-state index contributed by atoms with van der Waals surface area (Å²) in [5, 5.41) is 0. The van der Waals surface area contributed by atoms with Crippen molar-refractivity contribution in [2.75, 3.05) is 20.8 Å².